The number of carbonyl (C=O) groups is 1. The molecule has 4 rings (SSSR count). The van der Waals surface area contributed by atoms with E-state index >= 15 is 0 Å². The van der Waals surface area contributed by atoms with Crippen molar-refractivity contribution in [3.8, 4) is 0 Å². The van der Waals surface area contributed by atoms with E-state index in [1.807, 2.05) is 0 Å². The summed E-state index contributed by atoms with van der Waals surface area (Å²) >= 11 is 0. The lowest BCUT2D eigenvalue weighted by Gasteiger charge is -2.61. The standard InChI is InChI=1S/C20H32O2/c1-3-20-11-8-14(21)12-13(20)4-5-15-16-6-7-18(22)19(16,2)10-9-17(15)20/h13,15-18,22H,3-12H2,1-2H3/t13?,15?,16?,17?,18?,19-,20-/m0/s1. The Kier molecular flexibility index (Phi) is 3.49. The van der Waals surface area contributed by atoms with Gasteiger partial charge >= 0.3 is 0 Å². The van der Waals surface area contributed by atoms with Gasteiger partial charge in [0.05, 0.1) is 6.10 Å². The van der Waals surface area contributed by atoms with Gasteiger partial charge in [-0.05, 0) is 85.9 Å². The summed E-state index contributed by atoms with van der Waals surface area (Å²) < 4.78 is 0. The SMILES string of the molecule is CC[C@]12CCC(=O)CC1CCC1C3CCC(O)[C@@]3(C)CCC12. The second-order valence-corrected chi connectivity index (χ2v) is 9.12. The minimum atomic E-state index is -0.0679. The average Bonchev–Trinajstić information content (AvgIpc) is 2.82. The molecular weight excluding hydrogens is 272 g/mol. The second-order valence-electron chi connectivity index (χ2n) is 9.12. The zero-order chi connectivity index (χ0) is 15.5. The van der Waals surface area contributed by atoms with Crippen LogP contribution in [0.1, 0.15) is 78.1 Å². The van der Waals surface area contributed by atoms with Gasteiger partial charge in [0, 0.05) is 12.8 Å². The number of fused-ring (bicyclic) bond motifs is 5. The fraction of sp³-hybridized carbons (Fsp3) is 0.950. The van der Waals surface area contributed by atoms with Gasteiger partial charge in [-0.25, -0.2) is 0 Å². The van der Waals surface area contributed by atoms with Gasteiger partial charge in [0.2, 0.25) is 0 Å². The van der Waals surface area contributed by atoms with Gasteiger partial charge in [-0.15, -0.1) is 0 Å². The molecule has 124 valence electrons. The van der Waals surface area contributed by atoms with Crippen LogP contribution in [0.3, 0.4) is 0 Å². The highest BCUT2D eigenvalue weighted by Crippen LogP contribution is 2.66. The maximum atomic E-state index is 12.0. The molecule has 7 atom stereocenters. The maximum Gasteiger partial charge on any atom is 0.133 e. The van der Waals surface area contributed by atoms with Crippen LogP contribution in [0.5, 0.6) is 0 Å². The summed E-state index contributed by atoms with van der Waals surface area (Å²) in [7, 11) is 0. The quantitative estimate of drug-likeness (QED) is 0.782. The molecule has 4 aliphatic carbocycles. The molecule has 1 N–H and O–H groups in total. The summed E-state index contributed by atoms with van der Waals surface area (Å²) in [6, 6.07) is 0. The number of carbonyl (C=O) groups excluding carboxylic acids is 1. The highest BCUT2D eigenvalue weighted by Gasteiger charge is 2.60. The first-order valence-electron chi connectivity index (χ1n) is 9.71. The van der Waals surface area contributed by atoms with Crippen LogP contribution < -0.4 is 0 Å². The third kappa shape index (κ3) is 1.85. The molecule has 0 saturated heterocycles. The van der Waals surface area contributed by atoms with Crippen molar-refractivity contribution in [1.82, 2.24) is 0 Å². The number of ketones is 1. The largest absolute Gasteiger partial charge is 0.393 e. The summed E-state index contributed by atoms with van der Waals surface area (Å²) in [5, 5.41) is 10.5. The second kappa shape index (κ2) is 5.06. The summed E-state index contributed by atoms with van der Waals surface area (Å²) in [5.74, 6) is 3.57. The molecule has 0 amide bonds. The van der Waals surface area contributed by atoms with Gasteiger partial charge in [0.25, 0.3) is 0 Å². The molecule has 5 unspecified atom stereocenters. The van der Waals surface area contributed by atoms with Crippen LogP contribution in [-0.4, -0.2) is 17.0 Å². The van der Waals surface area contributed by atoms with Crippen molar-refractivity contribution in [3.63, 3.8) is 0 Å². The third-order valence-electron chi connectivity index (χ3n) is 8.79. The van der Waals surface area contributed by atoms with Gasteiger partial charge in [0.15, 0.2) is 0 Å². The Morgan fingerprint density at radius 1 is 1.09 bits per heavy atom. The van der Waals surface area contributed by atoms with E-state index in [1.54, 1.807) is 0 Å². The molecule has 0 heterocycles. The minimum Gasteiger partial charge on any atom is -0.393 e. The maximum absolute atomic E-state index is 12.0. The van der Waals surface area contributed by atoms with Crippen molar-refractivity contribution < 1.29 is 9.90 Å². The van der Waals surface area contributed by atoms with Crippen molar-refractivity contribution in [2.24, 2.45) is 34.5 Å². The Balaban J connectivity index is 1.66. The lowest BCUT2D eigenvalue weighted by atomic mass is 9.44. The first-order valence-corrected chi connectivity index (χ1v) is 9.71. The molecule has 0 radical (unpaired) electrons. The molecule has 0 aliphatic heterocycles. The lowest BCUT2D eigenvalue weighted by molar-refractivity contribution is -0.146. The van der Waals surface area contributed by atoms with E-state index < -0.39 is 0 Å². The van der Waals surface area contributed by atoms with Crippen LogP contribution in [0.2, 0.25) is 0 Å². The van der Waals surface area contributed by atoms with Gasteiger partial charge in [-0.3, -0.25) is 4.79 Å². The van der Waals surface area contributed by atoms with Crippen LogP contribution in [0.25, 0.3) is 0 Å². The number of hydrogen-bond acceptors (Lipinski definition) is 2. The first-order chi connectivity index (χ1) is 10.5. The highest BCUT2D eigenvalue weighted by atomic mass is 16.3. The first kappa shape index (κ1) is 15.2. The number of Topliss-reactive ketones (excluding diaryl/α,β-unsaturated/α-hetero) is 1. The topological polar surface area (TPSA) is 37.3 Å². The Bertz CT molecular complexity index is 472. The van der Waals surface area contributed by atoms with Crippen molar-refractivity contribution in [1.29, 1.82) is 0 Å². The Labute approximate surface area is 135 Å². The van der Waals surface area contributed by atoms with Crippen molar-refractivity contribution in [2.75, 3.05) is 0 Å². The molecule has 22 heavy (non-hydrogen) atoms. The molecule has 2 nitrogen and oxygen atoms in total. The molecule has 0 aromatic rings. The Morgan fingerprint density at radius 2 is 1.91 bits per heavy atom. The monoisotopic (exact) mass is 304 g/mol. The zero-order valence-corrected chi connectivity index (χ0v) is 14.3. The van der Waals surface area contributed by atoms with Crippen LogP contribution in [-0.2, 0) is 4.79 Å². The number of aliphatic hydroxyl groups excluding tert-OH is 1. The summed E-state index contributed by atoms with van der Waals surface area (Å²) in [4.78, 5) is 12.0. The smallest absolute Gasteiger partial charge is 0.133 e. The van der Waals surface area contributed by atoms with Crippen LogP contribution in [0, 0.1) is 34.5 Å². The fourth-order valence-corrected chi connectivity index (χ4v) is 7.53. The number of rotatable bonds is 1. The van der Waals surface area contributed by atoms with Gasteiger partial charge in [-0.2, -0.15) is 0 Å². The molecule has 0 bridgehead atoms. The van der Waals surface area contributed by atoms with Crippen molar-refractivity contribution in [2.45, 2.75) is 84.2 Å². The predicted molar refractivity (Wildman–Crippen MR) is 87.4 cm³/mol. The average molecular weight is 304 g/mol. The molecule has 0 aromatic carbocycles. The van der Waals surface area contributed by atoms with Crippen LogP contribution >= 0.6 is 0 Å². The molecule has 4 aliphatic rings. The van der Waals surface area contributed by atoms with E-state index in [-0.39, 0.29) is 11.5 Å². The molecule has 4 fully saturated rings. The molecule has 2 heteroatoms. The molecule has 4 saturated carbocycles. The Morgan fingerprint density at radius 3 is 2.68 bits per heavy atom. The van der Waals surface area contributed by atoms with Crippen LogP contribution in [0.15, 0.2) is 0 Å². The summed E-state index contributed by atoms with van der Waals surface area (Å²) in [5.41, 5.74) is 0.638. The van der Waals surface area contributed by atoms with E-state index in [4.69, 9.17) is 0 Å². The van der Waals surface area contributed by atoms with E-state index in [9.17, 15) is 9.90 Å². The van der Waals surface area contributed by atoms with E-state index in [1.165, 1.54) is 38.5 Å². The van der Waals surface area contributed by atoms with Gasteiger partial charge in [0.1, 0.15) is 5.78 Å². The van der Waals surface area contributed by atoms with E-state index in [0.717, 1.165) is 43.4 Å². The minimum absolute atomic E-state index is 0.0679. The highest BCUT2D eigenvalue weighted by molar-refractivity contribution is 5.79. The third-order valence-corrected chi connectivity index (χ3v) is 8.79. The molecular formula is C20H32O2. The molecule has 0 aromatic heterocycles. The van der Waals surface area contributed by atoms with Crippen molar-refractivity contribution >= 4 is 5.78 Å². The normalized spacial score (nSPS) is 54.5. The number of hydrogen-bond donors (Lipinski definition) is 1. The zero-order valence-electron chi connectivity index (χ0n) is 14.3. The van der Waals surface area contributed by atoms with Gasteiger partial charge < -0.3 is 5.11 Å². The summed E-state index contributed by atoms with van der Waals surface area (Å²) in [6.07, 6.45) is 11.4. The lowest BCUT2D eigenvalue weighted by Crippen LogP contribution is -2.55. The predicted octanol–water partition coefficient (Wildman–Crippen LogP) is 4.35. The molecule has 0 spiro atoms. The Hall–Kier alpha value is -0.370. The van der Waals surface area contributed by atoms with E-state index in [2.05, 4.69) is 13.8 Å². The number of aliphatic hydroxyl groups is 1. The van der Waals surface area contributed by atoms with Gasteiger partial charge in [-0.1, -0.05) is 13.8 Å². The summed E-state index contributed by atoms with van der Waals surface area (Å²) in [6.45, 7) is 4.74. The van der Waals surface area contributed by atoms with Crippen molar-refractivity contribution in [3.05, 3.63) is 0 Å². The van der Waals surface area contributed by atoms with Crippen LogP contribution in [0.4, 0.5) is 0 Å². The van der Waals surface area contributed by atoms with E-state index in [0.29, 0.717) is 17.1 Å². The fourth-order valence-electron chi connectivity index (χ4n) is 7.53.